The van der Waals surface area contributed by atoms with Gasteiger partial charge in [0.15, 0.2) is 11.6 Å². The van der Waals surface area contributed by atoms with Crippen molar-refractivity contribution < 1.29 is 13.9 Å². The van der Waals surface area contributed by atoms with Crippen LogP contribution in [0.15, 0.2) is 42.5 Å². The summed E-state index contributed by atoms with van der Waals surface area (Å²) in [7, 11) is 0. The Kier molecular flexibility index (Phi) is 5.04. The summed E-state index contributed by atoms with van der Waals surface area (Å²) in [6.07, 6.45) is -0.883. The van der Waals surface area contributed by atoms with Crippen LogP contribution in [0.25, 0.3) is 0 Å². The number of benzene rings is 2. The molecule has 0 aliphatic heterocycles. The highest BCUT2D eigenvalue weighted by Crippen LogP contribution is 2.19. The zero-order chi connectivity index (χ0) is 15.4. The van der Waals surface area contributed by atoms with Gasteiger partial charge in [0.05, 0.1) is 6.10 Å². The number of rotatable bonds is 5. The van der Waals surface area contributed by atoms with E-state index in [1.54, 1.807) is 0 Å². The molecule has 0 aromatic heterocycles. The predicted molar refractivity (Wildman–Crippen MR) is 78.9 cm³/mol. The lowest BCUT2D eigenvalue weighted by atomic mass is 10.0. The first-order chi connectivity index (χ1) is 9.99. The molecule has 21 heavy (non-hydrogen) atoms. The van der Waals surface area contributed by atoms with Crippen LogP contribution in [0.4, 0.5) is 8.78 Å². The summed E-state index contributed by atoms with van der Waals surface area (Å²) in [5.74, 6) is -1.86. The summed E-state index contributed by atoms with van der Waals surface area (Å²) >= 11 is 0. The number of hydrogen-bond donors (Lipinski definition) is 2. The lowest BCUT2D eigenvalue weighted by molar-refractivity contribution is 0.170. The average molecular weight is 291 g/mol. The number of aryl methyl sites for hydroxylation is 1. The lowest BCUT2D eigenvalue weighted by Crippen LogP contribution is -2.25. The second-order valence-electron chi connectivity index (χ2n) is 5.18. The topological polar surface area (TPSA) is 32.3 Å². The van der Waals surface area contributed by atoms with Crippen LogP contribution < -0.4 is 5.32 Å². The van der Waals surface area contributed by atoms with E-state index in [9.17, 15) is 13.9 Å². The van der Waals surface area contributed by atoms with Gasteiger partial charge in [0.1, 0.15) is 0 Å². The van der Waals surface area contributed by atoms with Gasteiger partial charge in [-0.25, -0.2) is 8.78 Å². The molecule has 0 spiro atoms. The fraction of sp³-hybridized carbons (Fsp3) is 0.294. The monoisotopic (exact) mass is 291 g/mol. The molecular formula is C17H19F2NO. The van der Waals surface area contributed by atoms with Crippen molar-refractivity contribution in [3.63, 3.8) is 0 Å². The molecule has 112 valence electrons. The Bertz CT molecular complexity index is 615. The third-order valence-electron chi connectivity index (χ3n) is 3.60. The van der Waals surface area contributed by atoms with Crippen LogP contribution >= 0.6 is 0 Å². The fourth-order valence-corrected chi connectivity index (χ4v) is 2.31. The summed E-state index contributed by atoms with van der Waals surface area (Å²) < 4.78 is 26.0. The molecule has 2 N–H and O–H groups in total. The molecule has 2 aromatic rings. The zero-order valence-electron chi connectivity index (χ0n) is 12.1. The second kappa shape index (κ2) is 6.78. The molecule has 0 amide bonds. The van der Waals surface area contributed by atoms with E-state index in [-0.39, 0.29) is 12.6 Å². The highest BCUT2D eigenvalue weighted by molar-refractivity contribution is 5.28. The average Bonchev–Trinajstić information content (AvgIpc) is 2.47. The predicted octanol–water partition coefficient (Wildman–Crippen LogP) is 3.66. The molecule has 2 atom stereocenters. The van der Waals surface area contributed by atoms with Gasteiger partial charge in [-0.1, -0.05) is 30.3 Å². The number of aliphatic hydroxyl groups is 1. The number of halogens is 2. The maximum atomic E-state index is 13.1. The first-order valence-corrected chi connectivity index (χ1v) is 6.91. The molecule has 0 bridgehead atoms. The maximum Gasteiger partial charge on any atom is 0.159 e. The van der Waals surface area contributed by atoms with Crippen LogP contribution in [0.2, 0.25) is 0 Å². The Hall–Kier alpha value is -1.78. The maximum absolute atomic E-state index is 13.1. The summed E-state index contributed by atoms with van der Waals surface area (Å²) in [4.78, 5) is 0. The Balaban J connectivity index is 1.99. The second-order valence-corrected chi connectivity index (χ2v) is 5.18. The lowest BCUT2D eigenvalue weighted by Gasteiger charge is -2.19. The molecule has 0 aliphatic rings. The number of nitrogens with one attached hydrogen (secondary N) is 1. The van der Waals surface area contributed by atoms with Crippen LogP contribution in [0, 0.1) is 18.6 Å². The summed E-state index contributed by atoms with van der Waals surface area (Å²) in [6.45, 7) is 4.29. The summed E-state index contributed by atoms with van der Waals surface area (Å²) in [5.41, 5.74) is 2.67. The van der Waals surface area contributed by atoms with Gasteiger partial charge in [-0.3, -0.25) is 0 Å². The third-order valence-corrected chi connectivity index (χ3v) is 3.60. The molecule has 2 nitrogen and oxygen atoms in total. The Labute approximate surface area is 123 Å². The molecule has 0 saturated carbocycles. The molecule has 0 fully saturated rings. The van der Waals surface area contributed by atoms with Crippen molar-refractivity contribution in [2.45, 2.75) is 26.0 Å². The van der Waals surface area contributed by atoms with E-state index < -0.39 is 17.7 Å². The van der Waals surface area contributed by atoms with Crippen molar-refractivity contribution in [3.8, 4) is 0 Å². The Morgan fingerprint density at radius 3 is 2.48 bits per heavy atom. The van der Waals surface area contributed by atoms with Crippen molar-refractivity contribution in [1.29, 1.82) is 0 Å². The van der Waals surface area contributed by atoms with Crippen molar-refractivity contribution in [3.05, 3.63) is 70.8 Å². The van der Waals surface area contributed by atoms with Crippen molar-refractivity contribution in [1.82, 2.24) is 5.32 Å². The van der Waals surface area contributed by atoms with E-state index in [0.29, 0.717) is 5.56 Å². The third kappa shape index (κ3) is 3.86. The highest BCUT2D eigenvalue weighted by Gasteiger charge is 2.13. The van der Waals surface area contributed by atoms with E-state index >= 15 is 0 Å². The number of aliphatic hydroxyl groups excluding tert-OH is 1. The van der Waals surface area contributed by atoms with Crippen LogP contribution in [-0.4, -0.2) is 11.7 Å². The van der Waals surface area contributed by atoms with Crippen molar-refractivity contribution >= 4 is 0 Å². The fourth-order valence-electron chi connectivity index (χ4n) is 2.31. The standard InChI is InChI=1S/C17H19F2NO/c1-11-5-3-4-6-14(11)12(2)20-10-17(21)13-7-8-15(18)16(19)9-13/h3-9,12,17,20-21H,10H2,1-2H3. The minimum absolute atomic E-state index is 0.0612. The summed E-state index contributed by atoms with van der Waals surface area (Å²) in [5, 5.41) is 13.3. The van der Waals surface area contributed by atoms with E-state index in [1.165, 1.54) is 11.6 Å². The smallest absolute Gasteiger partial charge is 0.159 e. The van der Waals surface area contributed by atoms with E-state index in [4.69, 9.17) is 0 Å². The van der Waals surface area contributed by atoms with E-state index in [2.05, 4.69) is 5.32 Å². The first kappa shape index (κ1) is 15.6. The van der Waals surface area contributed by atoms with Gasteiger partial charge in [-0.15, -0.1) is 0 Å². The van der Waals surface area contributed by atoms with Crippen molar-refractivity contribution in [2.24, 2.45) is 0 Å². The van der Waals surface area contributed by atoms with Crippen LogP contribution in [0.1, 0.15) is 35.8 Å². The SMILES string of the molecule is Cc1ccccc1C(C)NCC(O)c1ccc(F)c(F)c1. The van der Waals surface area contributed by atoms with Gasteiger partial charge in [0.25, 0.3) is 0 Å². The normalized spacial score (nSPS) is 14.0. The molecule has 2 rings (SSSR count). The van der Waals surface area contributed by atoms with Gasteiger partial charge in [0, 0.05) is 12.6 Å². The van der Waals surface area contributed by atoms with Gasteiger partial charge < -0.3 is 10.4 Å². The molecule has 2 aromatic carbocycles. The van der Waals surface area contributed by atoms with E-state index in [1.807, 2.05) is 38.1 Å². The molecule has 4 heteroatoms. The minimum atomic E-state index is -0.946. The van der Waals surface area contributed by atoms with Gasteiger partial charge >= 0.3 is 0 Å². The Morgan fingerprint density at radius 1 is 1.10 bits per heavy atom. The summed E-state index contributed by atoms with van der Waals surface area (Å²) in [6, 6.07) is 11.5. The van der Waals surface area contributed by atoms with E-state index in [0.717, 1.165) is 17.7 Å². The minimum Gasteiger partial charge on any atom is -0.387 e. The molecule has 0 radical (unpaired) electrons. The largest absolute Gasteiger partial charge is 0.387 e. The van der Waals surface area contributed by atoms with Crippen LogP contribution in [0.3, 0.4) is 0 Å². The molecule has 2 unspecified atom stereocenters. The quantitative estimate of drug-likeness (QED) is 0.881. The molecule has 0 heterocycles. The van der Waals surface area contributed by atoms with Gasteiger partial charge in [0.2, 0.25) is 0 Å². The van der Waals surface area contributed by atoms with Crippen LogP contribution in [0.5, 0.6) is 0 Å². The van der Waals surface area contributed by atoms with Gasteiger partial charge in [-0.2, -0.15) is 0 Å². The van der Waals surface area contributed by atoms with Crippen molar-refractivity contribution in [2.75, 3.05) is 6.54 Å². The first-order valence-electron chi connectivity index (χ1n) is 6.91. The molecule has 0 aliphatic carbocycles. The molecule has 0 saturated heterocycles. The molecular weight excluding hydrogens is 272 g/mol. The van der Waals surface area contributed by atoms with Crippen LogP contribution in [-0.2, 0) is 0 Å². The Morgan fingerprint density at radius 2 is 1.81 bits per heavy atom. The number of hydrogen-bond acceptors (Lipinski definition) is 2. The zero-order valence-corrected chi connectivity index (χ0v) is 12.1. The van der Waals surface area contributed by atoms with Gasteiger partial charge in [-0.05, 0) is 42.7 Å². The highest BCUT2D eigenvalue weighted by atomic mass is 19.2.